The summed E-state index contributed by atoms with van der Waals surface area (Å²) in [5.41, 5.74) is 1.71. The van der Waals surface area contributed by atoms with Crippen molar-refractivity contribution in [2.75, 3.05) is 13.7 Å². The normalized spacial score (nSPS) is 13.1. The minimum atomic E-state index is -0.411. The predicted octanol–water partition coefficient (Wildman–Crippen LogP) is 4.74. The lowest BCUT2D eigenvalue weighted by Gasteiger charge is -2.18. The molecule has 6 nitrogen and oxygen atoms in total. The van der Waals surface area contributed by atoms with E-state index in [-0.39, 0.29) is 17.8 Å². The first-order chi connectivity index (χ1) is 14.9. The maximum Gasteiger partial charge on any atom is 0.233 e. The first-order valence-electron chi connectivity index (χ1n) is 9.79. The molecule has 0 fully saturated rings. The van der Waals surface area contributed by atoms with Crippen LogP contribution in [0.4, 0.5) is 4.39 Å². The molecule has 31 heavy (non-hydrogen) atoms. The van der Waals surface area contributed by atoms with E-state index in [0.29, 0.717) is 29.2 Å². The van der Waals surface area contributed by atoms with Crippen molar-refractivity contribution in [2.24, 2.45) is 0 Å². The molecule has 2 aromatic carbocycles. The number of carbonyl (C=O) groups excluding carboxylic acids is 1. The number of nitrogens with zero attached hydrogens (tertiary/aromatic N) is 3. The van der Waals surface area contributed by atoms with Gasteiger partial charge in [0.1, 0.15) is 5.82 Å². The van der Waals surface area contributed by atoms with Crippen LogP contribution >= 0.6 is 23.4 Å². The van der Waals surface area contributed by atoms with Gasteiger partial charge in [-0.3, -0.25) is 9.36 Å². The van der Waals surface area contributed by atoms with Gasteiger partial charge in [0.25, 0.3) is 0 Å². The summed E-state index contributed by atoms with van der Waals surface area (Å²) in [7, 11) is 1.63. The smallest absolute Gasteiger partial charge is 0.233 e. The number of thioether (sulfide) groups is 1. The van der Waals surface area contributed by atoms with Gasteiger partial charge in [-0.05, 0) is 55.8 Å². The van der Waals surface area contributed by atoms with Crippen LogP contribution in [0.5, 0.6) is 0 Å². The second-order valence-corrected chi connectivity index (χ2v) is 8.74. The number of halogens is 2. The molecule has 1 N–H and O–H groups in total. The standard InChI is InChI=1S/C22H24ClFN4O2S/c1-14(16-6-10-19(24)11-7-16)25-21(29)15(2)31-22-27-26-20(28(22)12-13-30-3)17-4-8-18(23)9-5-17/h4-11,14-15H,12-13H2,1-3H3,(H,25,29). The topological polar surface area (TPSA) is 69.0 Å². The number of hydrogen-bond donors (Lipinski definition) is 1. The van der Waals surface area contributed by atoms with E-state index < -0.39 is 5.25 Å². The quantitative estimate of drug-likeness (QED) is 0.465. The molecule has 3 rings (SSSR count). The Balaban J connectivity index is 1.73. The van der Waals surface area contributed by atoms with Gasteiger partial charge in [-0.25, -0.2) is 4.39 Å². The number of ether oxygens (including phenoxy) is 1. The summed E-state index contributed by atoms with van der Waals surface area (Å²) >= 11 is 7.32. The molecule has 0 saturated heterocycles. The average molecular weight is 463 g/mol. The van der Waals surface area contributed by atoms with Crippen LogP contribution in [0, 0.1) is 5.82 Å². The molecule has 0 bridgehead atoms. The van der Waals surface area contributed by atoms with Crippen LogP contribution in [0.2, 0.25) is 5.02 Å². The minimum Gasteiger partial charge on any atom is -0.383 e. The molecule has 0 saturated carbocycles. The summed E-state index contributed by atoms with van der Waals surface area (Å²) in [6.07, 6.45) is 0. The Hall–Kier alpha value is -2.42. The van der Waals surface area contributed by atoms with Gasteiger partial charge in [-0.1, -0.05) is 35.5 Å². The molecule has 0 spiro atoms. The van der Waals surface area contributed by atoms with E-state index >= 15 is 0 Å². The van der Waals surface area contributed by atoms with E-state index in [9.17, 15) is 9.18 Å². The molecule has 0 aliphatic heterocycles. The third-order valence-electron chi connectivity index (χ3n) is 4.72. The Kier molecular flexibility index (Phi) is 8.06. The molecule has 164 valence electrons. The summed E-state index contributed by atoms with van der Waals surface area (Å²) in [5, 5.41) is 12.4. The summed E-state index contributed by atoms with van der Waals surface area (Å²) in [4.78, 5) is 12.7. The number of methoxy groups -OCH3 is 1. The number of aromatic nitrogens is 3. The number of benzene rings is 2. The van der Waals surface area contributed by atoms with Gasteiger partial charge in [0.15, 0.2) is 11.0 Å². The highest BCUT2D eigenvalue weighted by Gasteiger charge is 2.22. The molecular weight excluding hydrogens is 439 g/mol. The highest BCUT2D eigenvalue weighted by atomic mass is 35.5. The van der Waals surface area contributed by atoms with E-state index in [0.717, 1.165) is 11.1 Å². The van der Waals surface area contributed by atoms with Gasteiger partial charge in [0.05, 0.1) is 24.4 Å². The van der Waals surface area contributed by atoms with Crippen LogP contribution in [-0.4, -0.2) is 39.6 Å². The van der Waals surface area contributed by atoms with Crippen molar-refractivity contribution in [3.05, 3.63) is 64.9 Å². The summed E-state index contributed by atoms with van der Waals surface area (Å²) in [6.45, 7) is 4.70. The van der Waals surface area contributed by atoms with Crippen molar-refractivity contribution < 1.29 is 13.9 Å². The Morgan fingerprint density at radius 2 is 1.84 bits per heavy atom. The van der Waals surface area contributed by atoms with Crippen molar-refractivity contribution in [3.8, 4) is 11.4 Å². The zero-order valence-corrected chi connectivity index (χ0v) is 19.1. The fourth-order valence-electron chi connectivity index (χ4n) is 2.95. The molecule has 9 heteroatoms. The lowest BCUT2D eigenvalue weighted by Crippen LogP contribution is -2.33. The van der Waals surface area contributed by atoms with Crippen molar-refractivity contribution in [1.29, 1.82) is 0 Å². The molecule has 0 radical (unpaired) electrons. The van der Waals surface area contributed by atoms with Crippen molar-refractivity contribution in [1.82, 2.24) is 20.1 Å². The number of nitrogens with one attached hydrogen (secondary N) is 1. The van der Waals surface area contributed by atoms with E-state index in [4.69, 9.17) is 16.3 Å². The van der Waals surface area contributed by atoms with Gasteiger partial charge < -0.3 is 10.1 Å². The SMILES string of the molecule is COCCn1c(SC(C)C(=O)NC(C)c2ccc(F)cc2)nnc1-c1ccc(Cl)cc1. The van der Waals surface area contributed by atoms with Crippen molar-refractivity contribution >= 4 is 29.3 Å². The largest absolute Gasteiger partial charge is 0.383 e. The predicted molar refractivity (Wildman–Crippen MR) is 121 cm³/mol. The fourth-order valence-corrected chi connectivity index (χ4v) is 3.96. The molecule has 2 atom stereocenters. The lowest BCUT2D eigenvalue weighted by atomic mass is 10.1. The third kappa shape index (κ3) is 6.06. The van der Waals surface area contributed by atoms with E-state index in [1.165, 1.54) is 23.9 Å². The Morgan fingerprint density at radius 1 is 1.16 bits per heavy atom. The van der Waals surface area contributed by atoms with Gasteiger partial charge in [0.2, 0.25) is 5.91 Å². The van der Waals surface area contributed by atoms with Gasteiger partial charge in [-0.15, -0.1) is 10.2 Å². The van der Waals surface area contributed by atoms with Crippen LogP contribution in [0.25, 0.3) is 11.4 Å². The maximum absolute atomic E-state index is 13.1. The van der Waals surface area contributed by atoms with Gasteiger partial charge in [0, 0.05) is 17.7 Å². The minimum absolute atomic E-state index is 0.142. The third-order valence-corrected chi connectivity index (χ3v) is 6.05. The summed E-state index contributed by atoms with van der Waals surface area (Å²) < 4.78 is 20.3. The highest BCUT2D eigenvalue weighted by molar-refractivity contribution is 8.00. The number of carbonyl (C=O) groups is 1. The van der Waals surface area contributed by atoms with Gasteiger partial charge in [-0.2, -0.15) is 0 Å². The molecule has 1 amide bonds. The molecular formula is C22H24ClFN4O2S. The molecule has 1 heterocycles. The maximum atomic E-state index is 13.1. The molecule has 2 unspecified atom stereocenters. The van der Waals surface area contributed by atoms with Crippen LogP contribution in [-0.2, 0) is 16.1 Å². The fraction of sp³-hybridized carbons (Fsp3) is 0.318. The summed E-state index contributed by atoms with van der Waals surface area (Å²) in [6, 6.07) is 13.2. The van der Waals surface area contributed by atoms with Crippen LogP contribution in [0.3, 0.4) is 0 Å². The van der Waals surface area contributed by atoms with Crippen LogP contribution in [0.15, 0.2) is 53.7 Å². The Labute approximate surface area is 190 Å². The average Bonchev–Trinajstić information content (AvgIpc) is 3.15. The van der Waals surface area contributed by atoms with Crippen molar-refractivity contribution in [2.45, 2.75) is 36.8 Å². The van der Waals surface area contributed by atoms with Crippen LogP contribution < -0.4 is 5.32 Å². The van der Waals surface area contributed by atoms with Crippen LogP contribution in [0.1, 0.15) is 25.5 Å². The highest BCUT2D eigenvalue weighted by Crippen LogP contribution is 2.28. The zero-order valence-electron chi connectivity index (χ0n) is 17.5. The molecule has 3 aromatic rings. The van der Waals surface area contributed by atoms with E-state index in [2.05, 4.69) is 15.5 Å². The molecule has 1 aromatic heterocycles. The molecule has 0 aliphatic rings. The second kappa shape index (κ2) is 10.7. The first-order valence-corrected chi connectivity index (χ1v) is 11.1. The second-order valence-electron chi connectivity index (χ2n) is 7.00. The number of hydrogen-bond acceptors (Lipinski definition) is 5. The Morgan fingerprint density at radius 3 is 2.48 bits per heavy atom. The number of amides is 1. The molecule has 0 aliphatic carbocycles. The van der Waals surface area contributed by atoms with Crippen molar-refractivity contribution in [3.63, 3.8) is 0 Å². The monoisotopic (exact) mass is 462 g/mol. The number of rotatable bonds is 9. The lowest BCUT2D eigenvalue weighted by molar-refractivity contribution is -0.120. The zero-order chi connectivity index (χ0) is 22.4. The first kappa shape index (κ1) is 23.2. The van der Waals surface area contributed by atoms with E-state index in [1.54, 1.807) is 31.4 Å². The summed E-state index contributed by atoms with van der Waals surface area (Å²) in [5.74, 6) is 0.234. The van der Waals surface area contributed by atoms with E-state index in [1.807, 2.05) is 30.5 Å². The Bertz CT molecular complexity index is 1010. The van der Waals surface area contributed by atoms with Gasteiger partial charge >= 0.3 is 0 Å².